The van der Waals surface area contributed by atoms with Gasteiger partial charge in [-0.05, 0) is 106 Å². The lowest BCUT2D eigenvalue weighted by atomic mass is 9.68. The average molecular weight is 441 g/mol. The predicted octanol–water partition coefficient (Wildman–Crippen LogP) is 8.28. The molecule has 0 bridgehead atoms. The molecule has 1 aromatic rings. The van der Waals surface area contributed by atoms with Crippen LogP contribution in [0, 0.1) is 29.5 Å². The SMILES string of the molecule is FCCCC=C[C@H]1CC[C@H]([C@H]2CC[C@H](CCc3ccc(OC(F)F)c(F)c3)CC2)CC1. The predicted molar refractivity (Wildman–Crippen MR) is 117 cm³/mol. The third kappa shape index (κ3) is 7.84. The molecule has 0 saturated heterocycles. The van der Waals surface area contributed by atoms with E-state index in [0.717, 1.165) is 36.7 Å². The maximum absolute atomic E-state index is 13.9. The van der Waals surface area contributed by atoms with Crippen molar-refractivity contribution in [2.45, 2.75) is 83.7 Å². The van der Waals surface area contributed by atoms with Crippen molar-refractivity contribution in [3.8, 4) is 5.75 Å². The number of halogens is 4. The van der Waals surface area contributed by atoms with Gasteiger partial charge in [0.2, 0.25) is 0 Å². The molecular weight excluding hydrogens is 404 g/mol. The van der Waals surface area contributed by atoms with E-state index in [0.29, 0.717) is 18.3 Å². The van der Waals surface area contributed by atoms with E-state index in [2.05, 4.69) is 16.9 Å². The summed E-state index contributed by atoms with van der Waals surface area (Å²) in [6.45, 7) is -3.23. The van der Waals surface area contributed by atoms with E-state index in [1.54, 1.807) is 6.07 Å². The molecule has 2 saturated carbocycles. The van der Waals surface area contributed by atoms with Crippen LogP contribution in [0.4, 0.5) is 17.6 Å². The molecule has 0 aromatic heterocycles. The third-order valence-corrected chi connectivity index (χ3v) is 7.34. The molecule has 3 rings (SSSR count). The Balaban J connectivity index is 1.35. The van der Waals surface area contributed by atoms with Crippen LogP contribution in [-0.2, 0) is 6.42 Å². The lowest BCUT2D eigenvalue weighted by Crippen LogP contribution is -2.25. The van der Waals surface area contributed by atoms with Gasteiger partial charge in [0.05, 0.1) is 6.67 Å². The number of allylic oxidation sites excluding steroid dienone is 2. The molecule has 0 spiro atoms. The van der Waals surface area contributed by atoms with E-state index in [9.17, 15) is 17.6 Å². The monoisotopic (exact) mass is 440 g/mol. The summed E-state index contributed by atoms with van der Waals surface area (Å²) in [4.78, 5) is 0. The van der Waals surface area contributed by atoms with Gasteiger partial charge in [0.25, 0.3) is 0 Å². The van der Waals surface area contributed by atoms with Crippen LogP contribution in [0.5, 0.6) is 5.75 Å². The van der Waals surface area contributed by atoms with Gasteiger partial charge in [-0.15, -0.1) is 0 Å². The number of rotatable bonds is 10. The Morgan fingerprint density at radius 2 is 1.65 bits per heavy atom. The topological polar surface area (TPSA) is 9.23 Å². The number of hydrogen-bond donors (Lipinski definition) is 0. The van der Waals surface area contributed by atoms with Gasteiger partial charge in [0, 0.05) is 0 Å². The van der Waals surface area contributed by atoms with Gasteiger partial charge in [0.1, 0.15) is 0 Å². The second-order valence-electron chi connectivity index (χ2n) is 9.40. The van der Waals surface area contributed by atoms with E-state index in [4.69, 9.17) is 0 Å². The van der Waals surface area contributed by atoms with E-state index >= 15 is 0 Å². The van der Waals surface area contributed by atoms with Crippen LogP contribution < -0.4 is 4.74 Å². The quantitative estimate of drug-likeness (QED) is 0.202. The maximum Gasteiger partial charge on any atom is 0.387 e. The van der Waals surface area contributed by atoms with Crippen molar-refractivity contribution in [1.29, 1.82) is 0 Å². The molecule has 0 amide bonds. The zero-order valence-corrected chi connectivity index (χ0v) is 18.4. The minimum Gasteiger partial charge on any atom is -0.432 e. The molecule has 2 fully saturated rings. The molecule has 2 aliphatic rings. The molecule has 1 aromatic carbocycles. The van der Waals surface area contributed by atoms with Crippen LogP contribution in [0.3, 0.4) is 0 Å². The van der Waals surface area contributed by atoms with Crippen molar-refractivity contribution in [2.24, 2.45) is 23.7 Å². The first-order valence-corrected chi connectivity index (χ1v) is 12.0. The summed E-state index contributed by atoms with van der Waals surface area (Å²) in [5, 5.41) is 0. The summed E-state index contributed by atoms with van der Waals surface area (Å²) in [6, 6.07) is 4.32. The summed E-state index contributed by atoms with van der Waals surface area (Å²) in [6.07, 6.45) is 18.0. The molecule has 0 atom stereocenters. The Morgan fingerprint density at radius 3 is 2.26 bits per heavy atom. The molecule has 2 aliphatic carbocycles. The minimum absolute atomic E-state index is 0.223. The standard InChI is InChI=1S/C26H36F4O/c27-17-3-1-2-4-19-7-12-22(13-8-19)23-14-9-20(10-15-23)5-6-21-11-16-25(24(28)18-21)31-26(29)30/h2,4,11,16,18-20,22-23,26H,1,3,5-10,12-15,17H2/t19-,20-,22-,23-. The van der Waals surface area contributed by atoms with Crippen LogP contribution in [-0.4, -0.2) is 13.3 Å². The summed E-state index contributed by atoms with van der Waals surface area (Å²) >= 11 is 0. The van der Waals surface area contributed by atoms with Crippen LogP contribution in [0.2, 0.25) is 0 Å². The summed E-state index contributed by atoms with van der Waals surface area (Å²) < 4.78 is 54.7. The van der Waals surface area contributed by atoms with Crippen molar-refractivity contribution in [1.82, 2.24) is 0 Å². The Labute approximate surface area is 184 Å². The number of unbranched alkanes of at least 4 members (excludes halogenated alkanes) is 1. The molecule has 174 valence electrons. The number of ether oxygens (including phenoxy) is 1. The van der Waals surface area contributed by atoms with E-state index in [1.165, 1.54) is 63.5 Å². The maximum atomic E-state index is 13.9. The molecule has 0 heterocycles. The van der Waals surface area contributed by atoms with Crippen molar-refractivity contribution < 1.29 is 22.3 Å². The molecule has 1 nitrogen and oxygen atoms in total. The highest BCUT2D eigenvalue weighted by Gasteiger charge is 2.30. The number of alkyl halides is 3. The summed E-state index contributed by atoms with van der Waals surface area (Å²) in [5.74, 6) is 1.96. The van der Waals surface area contributed by atoms with E-state index in [-0.39, 0.29) is 12.4 Å². The van der Waals surface area contributed by atoms with Crippen molar-refractivity contribution in [2.75, 3.05) is 6.67 Å². The molecule has 0 aliphatic heterocycles. The number of aryl methyl sites for hydroxylation is 1. The molecule has 5 heteroatoms. The lowest BCUT2D eigenvalue weighted by molar-refractivity contribution is -0.0522. The van der Waals surface area contributed by atoms with Crippen molar-refractivity contribution in [3.63, 3.8) is 0 Å². The fourth-order valence-electron chi connectivity index (χ4n) is 5.50. The van der Waals surface area contributed by atoms with Crippen LogP contribution in [0.1, 0.15) is 76.2 Å². The summed E-state index contributed by atoms with van der Waals surface area (Å²) in [7, 11) is 0. The highest BCUT2D eigenvalue weighted by Crippen LogP contribution is 2.42. The minimum atomic E-state index is -3.01. The van der Waals surface area contributed by atoms with Crippen molar-refractivity contribution >= 4 is 0 Å². The molecule has 0 N–H and O–H groups in total. The van der Waals surface area contributed by atoms with Gasteiger partial charge < -0.3 is 4.74 Å². The fraction of sp³-hybridized carbons (Fsp3) is 0.692. The third-order valence-electron chi connectivity index (χ3n) is 7.34. The first-order valence-electron chi connectivity index (χ1n) is 12.0. The Morgan fingerprint density at radius 1 is 0.968 bits per heavy atom. The second kappa shape index (κ2) is 12.5. The van der Waals surface area contributed by atoms with Gasteiger partial charge in [0.15, 0.2) is 11.6 Å². The normalized spacial score (nSPS) is 27.1. The van der Waals surface area contributed by atoms with Gasteiger partial charge >= 0.3 is 6.61 Å². The van der Waals surface area contributed by atoms with Crippen LogP contribution in [0.25, 0.3) is 0 Å². The zero-order valence-electron chi connectivity index (χ0n) is 18.4. The van der Waals surface area contributed by atoms with Gasteiger partial charge in [-0.3, -0.25) is 4.39 Å². The van der Waals surface area contributed by atoms with E-state index in [1.807, 2.05) is 0 Å². The molecule has 0 unspecified atom stereocenters. The van der Waals surface area contributed by atoms with Gasteiger partial charge in [-0.2, -0.15) is 8.78 Å². The molecule has 31 heavy (non-hydrogen) atoms. The number of benzene rings is 1. The van der Waals surface area contributed by atoms with Crippen molar-refractivity contribution in [3.05, 3.63) is 41.7 Å². The first kappa shape index (κ1) is 24.1. The first-order chi connectivity index (χ1) is 15.0. The Kier molecular flexibility index (Phi) is 9.73. The highest BCUT2D eigenvalue weighted by molar-refractivity contribution is 5.29. The lowest BCUT2D eigenvalue weighted by Gasteiger charge is -2.37. The second-order valence-corrected chi connectivity index (χ2v) is 9.40. The van der Waals surface area contributed by atoms with Crippen LogP contribution >= 0.6 is 0 Å². The van der Waals surface area contributed by atoms with Gasteiger partial charge in [-0.25, -0.2) is 4.39 Å². The van der Waals surface area contributed by atoms with Gasteiger partial charge in [-0.1, -0.05) is 31.1 Å². The molecular formula is C26H36F4O. The Hall–Kier alpha value is -1.52. The van der Waals surface area contributed by atoms with E-state index < -0.39 is 12.4 Å². The summed E-state index contributed by atoms with van der Waals surface area (Å²) in [5.41, 5.74) is 0.846. The smallest absolute Gasteiger partial charge is 0.387 e. The zero-order chi connectivity index (χ0) is 22.1. The number of hydrogen-bond acceptors (Lipinski definition) is 1. The average Bonchev–Trinajstić information content (AvgIpc) is 2.77. The fourth-order valence-corrected chi connectivity index (χ4v) is 5.50. The largest absolute Gasteiger partial charge is 0.432 e. The van der Waals surface area contributed by atoms with Crippen LogP contribution in [0.15, 0.2) is 30.4 Å². The molecule has 0 radical (unpaired) electrons. The Bertz CT molecular complexity index is 674. The highest BCUT2D eigenvalue weighted by atomic mass is 19.3.